The second-order valence-corrected chi connectivity index (χ2v) is 6.15. The molecule has 2 heteroatoms. The third-order valence-corrected chi connectivity index (χ3v) is 4.91. The van der Waals surface area contributed by atoms with E-state index in [1.54, 1.807) is 0 Å². The Morgan fingerprint density at radius 3 is 2.93 bits per heavy atom. The monoisotopic (exact) mass is 225 g/mol. The zero-order valence-corrected chi connectivity index (χ0v) is 10.4. The minimum atomic E-state index is 1.01. The fraction of sp³-hybridized carbons (Fsp3) is 0.846. The minimum Gasteiger partial charge on any atom is -0.316 e. The van der Waals surface area contributed by atoms with E-state index in [9.17, 15) is 0 Å². The van der Waals surface area contributed by atoms with Crippen LogP contribution >= 0.6 is 11.8 Å². The van der Waals surface area contributed by atoms with Gasteiger partial charge in [0, 0.05) is 18.1 Å². The number of hydrogen-bond donors (Lipinski definition) is 1. The van der Waals surface area contributed by atoms with Gasteiger partial charge in [0.05, 0.1) is 0 Å². The van der Waals surface area contributed by atoms with Crippen molar-refractivity contribution in [3.8, 4) is 0 Å². The molecule has 1 nitrogen and oxygen atoms in total. The summed E-state index contributed by atoms with van der Waals surface area (Å²) in [6.45, 7) is 6.17. The Hall–Kier alpha value is 0.0500. The molecule has 0 aromatic carbocycles. The Morgan fingerprint density at radius 1 is 1.33 bits per heavy atom. The van der Waals surface area contributed by atoms with Crippen molar-refractivity contribution in [1.82, 2.24) is 5.32 Å². The molecule has 0 amide bonds. The van der Waals surface area contributed by atoms with Crippen LogP contribution in [0.1, 0.15) is 25.7 Å². The summed E-state index contributed by atoms with van der Waals surface area (Å²) >= 11 is 1.97. The highest BCUT2D eigenvalue weighted by molar-refractivity contribution is 7.99. The van der Waals surface area contributed by atoms with E-state index in [0.717, 1.165) is 23.5 Å². The van der Waals surface area contributed by atoms with Crippen LogP contribution < -0.4 is 5.32 Å². The summed E-state index contributed by atoms with van der Waals surface area (Å²) in [6.07, 6.45) is 8.08. The fourth-order valence-electron chi connectivity index (χ4n) is 3.22. The van der Waals surface area contributed by atoms with Gasteiger partial charge in [-0.15, -0.1) is 6.58 Å². The second-order valence-electron chi connectivity index (χ2n) is 5.00. The summed E-state index contributed by atoms with van der Waals surface area (Å²) in [5.74, 6) is 5.50. The number of thioether (sulfide) groups is 1. The van der Waals surface area contributed by atoms with E-state index in [0.29, 0.717) is 0 Å². The zero-order chi connectivity index (χ0) is 10.5. The van der Waals surface area contributed by atoms with Gasteiger partial charge in [-0.1, -0.05) is 12.5 Å². The molecule has 1 N–H and O–H groups in total. The molecule has 2 fully saturated rings. The molecule has 2 rings (SSSR count). The van der Waals surface area contributed by atoms with Crippen molar-refractivity contribution < 1.29 is 0 Å². The van der Waals surface area contributed by atoms with Gasteiger partial charge in [0.2, 0.25) is 0 Å². The Kier molecular flexibility index (Phi) is 4.58. The molecule has 2 aliphatic carbocycles. The van der Waals surface area contributed by atoms with E-state index in [1.165, 1.54) is 44.5 Å². The molecule has 2 bridgehead atoms. The van der Waals surface area contributed by atoms with Crippen LogP contribution in [-0.2, 0) is 0 Å². The Bertz CT molecular complexity index is 205. The largest absolute Gasteiger partial charge is 0.316 e. The number of fused-ring (bicyclic) bond motifs is 2. The summed E-state index contributed by atoms with van der Waals surface area (Å²) in [7, 11) is 0. The van der Waals surface area contributed by atoms with Gasteiger partial charge in [-0.2, -0.15) is 11.8 Å². The van der Waals surface area contributed by atoms with Crippen molar-refractivity contribution in [3.05, 3.63) is 12.7 Å². The molecular formula is C13H23NS. The summed E-state index contributed by atoms with van der Waals surface area (Å²) in [6, 6.07) is 0. The lowest BCUT2D eigenvalue weighted by Gasteiger charge is -2.21. The molecule has 15 heavy (non-hydrogen) atoms. The quantitative estimate of drug-likeness (QED) is 0.528. The highest BCUT2D eigenvalue weighted by atomic mass is 32.2. The maximum Gasteiger partial charge on any atom is 0.0111 e. The first-order chi connectivity index (χ1) is 7.40. The number of hydrogen-bond acceptors (Lipinski definition) is 2. The van der Waals surface area contributed by atoms with Crippen LogP contribution in [0, 0.1) is 17.8 Å². The van der Waals surface area contributed by atoms with Crippen molar-refractivity contribution in [2.24, 2.45) is 17.8 Å². The van der Waals surface area contributed by atoms with Crippen LogP contribution in [0.15, 0.2) is 12.7 Å². The van der Waals surface area contributed by atoms with E-state index >= 15 is 0 Å². The van der Waals surface area contributed by atoms with Gasteiger partial charge in [0.15, 0.2) is 0 Å². The third kappa shape index (κ3) is 3.25. The smallest absolute Gasteiger partial charge is 0.0111 e. The number of rotatable bonds is 7. The Labute approximate surface area is 98.1 Å². The Balaban J connectivity index is 1.50. The molecule has 3 unspecified atom stereocenters. The highest BCUT2D eigenvalue weighted by Gasteiger charge is 2.38. The SMILES string of the molecule is C=CCSCCNCC1CC2CCC1C2. The normalized spacial score (nSPS) is 33.5. The van der Waals surface area contributed by atoms with Gasteiger partial charge in [0.25, 0.3) is 0 Å². The molecule has 2 saturated carbocycles. The lowest BCUT2D eigenvalue weighted by atomic mass is 9.89. The Morgan fingerprint density at radius 2 is 2.27 bits per heavy atom. The molecule has 86 valence electrons. The van der Waals surface area contributed by atoms with Gasteiger partial charge >= 0.3 is 0 Å². The van der Waals surface area contributed by atoms with Crippen LogP contribution in [0.5, 0.6) is 0 Å². The first-order valence-electron chi connectivity index (χ1n) is 6.29. The summed E-state index contributed by atoms with van der Waals surface area (Å²) < 4.78 is 0. The molecule has 0 spiro atoms. The average molecular weight is 225 g/mol. The van der Waals surface area contributed by atoms with E-state index in [1.807, 2.05) is 17.8 Å². The van der Waals surface area contributed by atoms with Gasteiger partial charge in [-0.05, 0) is 43.6 Å². The highest BCUT2D eigenvalue weighted by Crippen LogP contribution is 2.47. The molecule has 0 saturated heterocycles. The lowest BCUT2D eigenvalue weighted by molar-refractivity contribution is 0.321. The van der Waals surface area contributed by atoms with E-state index < -0.39 is 0 Å². The van der Waals surface area contributed by atoms with Crippen molar-refractivity contribution in [2.75, 3.05) is 24.6 Å². The first-order valence-corrected chi connectivity index (χ1v) is 7.45. The molecule has 3 atom stereocenters. The summed E-state index contributed by atoms with van der Waals surface area (Å²) in [5.41, 5.74) is 0. The standard InChI is InChI=1S/C13H23NS/c1-2-6-15-7-5-14-10-13-9-11-3-4-12(13)8-11/h2,11-14H,1,3-10H2. The number of nitrogens with one attached hydrogen (secondary N) is 1. The second kappa shape index (κ2) is 5.95. The van der Waals surface area contributed by atoms with Crippen molar-refractivity contribution in [1.29, 1.82) is 0 Å². The van der Waals surface area contributed by atoms with E-state index in [4.69, 9.17) is 0 Å². The summed E-state index contributed by atoms with van der Waals surface area (Å²) in [4.78, 5) is 0. The average Bonchev–Trinajstić information content (AvgIpc) is 2.85. The van der Waals surface area contributed by atoms with Gasteiger partial charge < -0.3 is 5.32 Å². The zero-order valence-electron chi connectivity index (χ0n) is 9.58. The molecule has 0 aromatic heterocycles. The van der Waals surface area contributed by atoms with Crippen LogP contribution in [0.4, 0.5) is 0 Å². The lowest BCUT2D eigenvalue weighted by Crippen LogP contribution is -2.28. The minimum absolute atomic E-state index is 1.01. The van der Waals surface area contributed by atoms with Crippen LogP contribution in [-0.4, -0.2) is 24.6 Å². The molecule has 0 aromatic rings. The van der Waals surface area contributed by atoms with Gasteiger partial charge in [-0.3, -0.25) is 0 Å². The third-order valence-electron chi connectivity index (χ3n) is 3.95. The van der Waals surface area contributed by atoms with Crippen molar-refractivity contribution in [3.63, 3.8) is 0 Å². The van der Waals surface area contributed by atoms with Gasteiger partial charge in [-0.25, -0.2) is 0 Å². The first kappa shape index (κ1) is 11.5. The summed E-state index contributed by atoms with van der Waals surface area (Å²) in [5, 5.41) is 3.62. The molecule has 0 heterocycles. The maximum absolute atomic E-state index is 3.73. The molecule has 0 aliphatic heterocycles. The molecule has 2 aliphatic rings. The predicted octanol–water partition coefficient (Wildman–Crippen LogP) is 2.93. The van der Waals surface area contributed by atoms with Crippen LogP contribution in [0.3, 0.4) is 0 Å². The van der Waals surface area contributed by atoms with Crippen LogP contribution in [0.2, 0.25) is 0 Å². The van der Waals surface area contributed by atoms with Gasteiger partial charge in [0.1, 0.15) is 0 Å². The fourth-order valence-corrected chi connectivity index (χ4v) is 3.85. The maximum atomic E-state index is 3.73. The predicted molar refractivity (Wildman–Crippen MR) is 69.3 cm³/mol. The van der Waals surface area contributed by atoms with Crippen molar-refractivity contribution >= 4 is 11.8 Å². The van der Waals surface area contributed by atoms with Crippen LogP contribution in [0.25, 0.3) is 0 Å². The molecule has 0 radical (unpaired) electrons. The van der Waals surface area contributed by atoms with E-state index in [2.05, 4.69) is 11.9 Å². The topological polar surface area (TPSA) is 12.0 Å². The van der Waals surface area contributed by atoms with E-state index in [-0.39, 0.29) is 0 Å². The van der Waals surface area contributed by atoms with Crippen molar-refractivity contribution in [2.45, 2.75) is 25.7 Å². The molecular weight excluding hydrogens is 202 g/mol.